The van der Waals surface area contributed by atoms with E-state index in [1.165, 1.54) is 19.1 Å². The Morgan fingerprint density at radius 3 is 2.07 bits per heavy atom. The Balaban J connectivity index is 0.00000417. The molecule has 46 heavy (non-hydrogen) atoms. The molecule has 7 N–H and O–H groups in total. The molecule has 10 atom stereocenters. The van der Waals surface area contributed by atoms with Gasteiger partial charge in [0.15, 0.2) is 29.9 Å². The maximum Gasteiger partial charge on any atom is 0.198 e. The van der Waals surface area contributed by atoms with Gasteiger partial charge >= 0.3 is 0 Å². The highest BCUT2D eigenvalue weighted by Gasteiger charge is 2.49. The minimum Gasteiger partial charge on any atom is -0.507 e. The van der Waals surface area contributed by atoms with E-state index in [1.54, 1.807) is 26.0 Å². The van der Waals surface area contributed by atoms with E-state index in [-0.39, 0.29) is 53.9 Å². The second-order valence-electron chi connectivity index (χ2n) is 12.5. The third-order valence-corrected chi connectivity index (χ3v) is 9.45. The summed E-state index contributed by atoms with van der Waals surface area (Å²) in [6.45, 7) is 4.48. The number of phenolic OH excluding ortho intramolecular Hbond substituents is 2. The molecule has 2 aliphatic carbocycles. The summed E-state index contributed by atoms with van der Waals surface area (Å²) >= 11 is 0. The predicted molar refractivity (Wildman–Crippen MR) is 161 cm³/mol. The maximum absolute atomic E-state index is 13.5. The number of ketones is 3. The van der Waals surface area contributed by atoms with Gasteiger partial charge in [-0.2, -0.15) is 0 Å². The lowest BCUT2D eigenvalue weighted by Gasteiger charge is -2.44. The second kappa shape index (κ2) is 12.6. The van der Waals surface area contributed by atoms with Gasteiger partial charge in [-0.05, 0) is 20.8 Å². The molecule has 14 heteroatoms. The quantitative estimate of drug-likeness (QED) is 0.213. The van der Waals surface area contributed by atoms with Crippen LogP contribution in [-0.2, 0) is 30.2 Å². The zero-order valence-electron chi connectivity index (χ0n) is 25.4. The minimum atomic E-state index is -2.04. The molecule has 13 nitrogen and oxygen atoms in total. The van der Waals surface area contributed by atoms with Crippen LogP contribution in [0, 0.1) is 0 Å². The van der Waals surface area contributed by atoms with Gasteiger partial charge in [-0.1, -0.05) is 24.3 Å². The van der Waals surface area contributed by atoms with E-state index in [2.05, 4.69) is 0 Å². The van der Waals surface area contributed by atoms with Crippen molar-refractivity contribution < 1.29 is 58.9 Å². The van der Waals surface area contributed by atoms with Crippen LogP contribution in [0.3, 0.4) is 0 Å². The van der Waals surface area contributed by atoms with E-state index in [0.29, 0.717) is 0 Å². The van der Waals surface area contributed by atoms with Crippen LogP contribution < -0.4 is 5.73 Å². The van der Waals surface area contributed by atoms with E-state index in [9.17, 15) is 39.9 Å². The van der Waals surface area contributed by atoms with Gasteiger partial charge in [-0.15, -0.1) is 12.4 Å². The molecule has 2 aliphatic heterocycles. The van der Waals surface area contributed by atoms with E-state index in [0.717, 1.165) is 0 Å². The van der Waals surface area contributed by atoms with Crippen LogP contribution in [0.2, 0.25) is 0 Å². The monoisotopic (exact) mass is 663 g/mol. The molecule has 0 amide bonds. The van der Waals surface area contributed by atoms with Crippen LogP contribution in [0.1, 0.15) is 89.1 Å². The van der Waals surface area contributed by atoms with Crippen molar-refractivity contribution in [2.75, 3.05) is 0 Å². The van der Waals surface area contributed by atoms with Gasteiger partial charge < -0.3 is 50.2 Å². The van der Waals surface area contributed by atoms with Crippen molar-refractivity contribution in [3.05, 3.63) is 57.6 Å². The normalized spacial score (nSPS) is 35.4. The van der Waals surface area contributed by atoms with Crippen molar-refractivity contribution in [3.63, 3.8) is 0 Å². The molecule has 2 fully saturated rings. The zero-order chi connectivity index (χ0) is 32.5. The standard InChI is InChI=1S/C32H37NO12.ClH/c1-12-26(36)18(33)8-21(42-12)45-31-13(2)43-22(9-19(31)35)44-20-11-32(41,14(3)34)10-17-23(20)30(40)25-24(29(17)39)27(37)15-6-4-5-7-16(15)28(25)38;/h4-7,12-13,18-22,26,31,35-36,39-41H,8-11,33H2,1-3H3;1H/t12-,13-,18-,19-,20-,21-,22-,26+,31-,32-;/m0./s1. The number of fused-ring (bicyclic) bond motifs is 3. The van der Waals surface area contributed by atoms with E-state index < -0.39 is 107 Å². The Morgan fingerprint density at radius 2 is 1.50 bits per heavy atom. The highest BCUT2D eigenvalue weighted by molar-refractivity contribution is 6.30. The lowest BCUT2D eigenvalue weighted by Crippen LogP contribution is -2.56. The molecule has 0 spiro atoms. The maximum atomic E-state index is 13.5. The number of halogens is 1. The topological polar surface area (TPSA) is 215 Å². The number of phenols is 2. The number of aliphatic hydroxyl groups is 3. The number of hydrogen-bond acceptors (Lipinski definition) is 13. The molecular weight excluding hydrogens is 626 g/mol. The number of aromatic hydroxyl groups is 2. The molecular formula is C32H38ClNO12. The molecule has 0 bridgehead atoms. The summed E-state index contributed by atoms with van der Waals surface area (Å²) in [4.78, 5) is 39.6. The third-order valence-electron chi connectivity index (χ3n) is 9.45. The van der Waals surface area contributed by atoms with Crippen molar-refractivity contribution >= 4 is 29.8 Å². The van der Waals surface area contributed by atoms with Gasteiger partial charge in [0.1, 0.15) is 23.2 Å². The highest BCUT2D eigenvalue weighted by Crippen LogP contribution is 2.52. The Bertz CT molecular complexity index is 1540. The first kappa shape index (κ1) is 34.4. The van der Waals surface area contributed by atoms with Crippen LogP contribution in [0.5, 0.6) is 11.5 Å². The summed E-state index contributed by atoms with van der Waals surface area (Å²) in [5.74, 6) is -3.23. The van der Waals surface area contributed by atoms with Gasteiger partial charge in [0.25, 0.3) is 0 Å². The summed E-state index contributed by atoms with van der Waals surface area (Å²) in [5, 5.41) is 55.4. The summed E-state index contributed by atoms with van der Waals surface area (Å²) < 4.78 is 23.9. The van der Waals surface area contributed by atoms with Gasteiger partial charge in [-0.25, -0.2) is 0 Å². The van der Waals surface area contributed by atoms with Crippen LogP contribution >= 0.6 is 12.4 Å². The number of aliphatic hydroxyl groups excluding tert-OH is 2. The van der Waals surface area contributed by atoms with E-state index >= 15 is 0 Å². The predicted octanol–water partition coefficient (Wildman–Crippen LogP) is 1.32. The lowest BCUT2D eigenvalue weighted by molar-refractivity contribution is -0.311. The summed E-state index contributed by atoms with van der Waals surface area (Å²) in [6, 6.07) is 5.45. The van der Waals surface area contributed by atoms with Crippen molar-refractivity contribution in [1.82, 2.24) is 0 Å². The average molecular weight is 664 g/mol. The van der Waals surface area contributed by atoms with Crippen molar-refractivity contribution in [3.8, 4) is 11.5 Å². The molecule has 0 saturated carbocycles. The van der Waals surface area contributed by atoms with Crippen molar-refractivity contribution in [1.29, 1.82) is 0 Å². The number of rotatable bonds is 5. The summed E-state index contributed by atoms with van der Waals surface area (Å²) in [6.07, 6.45) is -8.12. The molecule has 6 rings (SSSR count). The number of nitrogens with two attached hydrogens (primary N) is 1. The molecule has 2 aromatic carbocycles. The largest absolute Gasteiger partial charge is 0.507 e. The first-order chi connectivity index (χ1) is 21.2. The SMILES string of the molecule is CC(=O)[C@]1(O)Cc2c(O)c3c(c(O)c2[C@@H](O[C@H]2C[C@H](O)[C@@H](O[C@H]4C[C@H](N)[C@H](O)[C@H](C)O4)[C@H](C)O2)C1)C(=O)c1ccccc1C3=O.Cl. The minimum absolute atomic E-state index is 0. The lowest BCUT2D eigenvalue weighted by atomic mass is 9.72. The fraction of sp³-hybridized carbons (Fsp3) is 0.531. The zero-order valence-corrected chi connectivity index (χ0v) is 26.2. The second-order valence-corrected chi connectivity index (χ2v) is 12.5. The Kier molecular flexibility index (Phi) is 9.38. The van der Waals surface area contributed by atoms with Crippen molar-refractivity contribution in [2.24, 2.45) is 5.73 Å². The van der Waals surface area contributed by atoms with E-state index in [4.69, 9.17) is 24.7 Å². The Morgan fingerprint density at radius 1 is 0.935 bits per heavy atom. The van der Waals surface area contributed by atoms with Gasteiger partial charge in [0.05, 0.1) is 41.6 Å². The molecule has 4 aliphatic rings. The molecule has 0 unspecified atom stereocenters. The third kappa shape index (κ3) is 5.63. The number of Topliss-reactive ketones (excluding diaryl/α,β-unsaturated/α-hetero) is 1. The van der Waals surface area contributed by atoms with Gasteiger partial charge in [-0.3, -0.25) is 14.4 Å². The number of carbonyl (C=O) groups is 3. The summed E-state index contributed by atoms with van der Waals surface area (Å²) in [5.41, 5.74) is 3.10. The molecule has 2 heterocycles. The number of benzene rings is 2. The number of hydrogen-bond donors (Lipinski definition) is 6. The summed E-state index contributed by atoms with van der Waals surface area (Å²) in [7, 11) is 0. The van der Waals surface area contributed by atoms with E-state index in [1.807, 2.05) is 0 Å². The number of carbonyl (C=O) groups excluding carboxylic acids is 3. The average Bonchev–Trinajstić information content (AvgIpc) is 2.98. The first-order valence-corrected chi connectivity index (χ1v) is 15.0. The van der Waals surface area contributed by atoms with Crippen LogP contribution in [0.25, 0.3) is 0 Å². The first-order valence-electron chi connectivity index (χ1n) is 15.0. The molecule has 250 valence electrons. The fourth-order valence-corrected chi connectivity index (χ4v) is 6.90. The fourth-order valence-electron chi connectivity index (χ4n) is 6.90. The van der Waals surface area contributed by atoms with Crippen molar-refractivity contribution in [2.45, 2.75) is 107 Å². The Hall–Kier alpha value is -2.98. The van der Waals surface area contributed by atoms with Gasteiger partial charge in [0, 0.05) is 54.0 Å². The molecule has 0 aromatic heterocycles. The van der Waals surface area contributed by atoms with Gasteiger partial charge in [0.2, 0.25) is 0 Å². The van der Waals surface area contributed by atoms with Crippen LogP contribution in [0.15, 0.2) is 24.3 Å². The molecule has 2 aromatic rings. The molecule has 0 radical (unpaired) electrons. The Labute approximate surface area is 270 Å². The molecule has 2 saturated heterocycles. The highest BCUT2D eigenvalue weighted by atomic mass is 35.5. The smallest absolute Gasteiger partial charge is 0.198 e. The van der Waals surface area contributed by atoms with Crippen LogP contribution in [0.4, 0.5) is 0 Å². The number of ether oxygens (including phenoxy) is 4. The van der Waals surface area contributed by atoms with Crippen LogP contribution in [-0.4, -0.2) is 97.6 Å².